The van der Waals surface area contributed by atoms with Gasteiger partial charge < -0.3 is 26.5 Å². The molecule has 0 aliphatic heterocycles. The molecule has 0 saturated carbocycles. The summed E-state index contributed by atoms with van der Waals surface area (Å²) in [6.07, 6.45) is 38.3. The van der Waals surface area contributed by atoms with E-state index in [0.29, 0.717) is 0 Å². The third-order valence-electron chi connectivity index (χ3n) is 13.3. The molecular formula is C62H96BrNO4. The van der Waals surface area contributed by atoms with Gasteiger partial charge in [0.15, 0.2) is 0 Å². The van der Waals surface area contributed by atoms with Crippen LogP contribution in [0, 0.1) is 0 Å². The third kappa shape index (κ3) is 27.9. The molecule has 0 unspecified atom stereocenters. The molecule has 0 radical (unpaired) electrons. The molecule has 0 aromatic heterocycles. The molecule has 0 heterocycles. The number of hydroxylamine groups is 4. The summed E-state index contributed by atoms with van der Waals surface area (Å²) in [5.74, 6) is 1.96. The van der Waals surface area contributed by atoms with E-state index in [1.807, 2.05) is 14.1 Å². The molecule has 0 bridgehead atoms. The highest BCUT2D eigenvalue weighted by atomic mass is 79.9. The minimum atomic E-state index is 0. The van der Waals surface area contributed by atoms with Crippen molar-refractivity contribution in [1.29, 1.82) is 0 Å². The first-order valence-corrected chi connectivity index (χ1v) is 27.7. The second kappa shape index (κ2) is 38.6. The van der Waals surface area contributed by atoms with E-state index in [1.54, 1.807) is 0 Å². The molecule has 4 aromatic carbocycles. The summed E-state index contributed by atoms with van der Waals surface area (Å²) >= 11 is 0. The molecule has 0 amide bonds. The standard InChI is InChI=1S/C62H96NO4.BrH/c1-5-7-9-11-23-29-51-64-61-47-43-59(44-48-61)57-39-35-55(36-40-57)33-27-21-17-13-15-19-25-31-53-66-63(3,4)67-54-32-26-20-16-14-18-22-28-34-56-37-41-58(42-38-56)60-45-49-62(50-46-60)65-52-30-24-12-10-8-6-2;/h35-50H,5-34,51-54H2,1-4H3;1H/q+1;/p-1. The Morgan fingerprint density at radius 3 is 0.853 bits per heavy atom. The monoisotopic (exact) mass is 998 g/mol. The highest BCUT2D eigenvalue weighted by Gasteiger charge is 2.18. The maximum atomic E-state index is 6.07. The van der Waals surface area contributed by atoms with Crippen molar-refractivity contribution in [3.05, 3.63) is 108 Å². The predicted octanol–water partition coefficient (Wildman–Crippen LogP) is 15.5. The van der Waals surface area contributed by atoms with Crippen LogP contribution in [0.5, 0.6) is 11.5 Å². The van der Waals surface area contributed by atoms with Gasteiger partial charge in [-0.15, -0.1) is 0 Å². The molecule has 380 valence electrons. The molecule has 6 heteroatoms. The van der Waals surface area contributed by atoms with Crippen LogP contribution in [0.1, 0.15) is 205 Å². The summed E-state index contributed by atoms with van der Waals surface area (Å²) in [7, 11) is 4.03. The van der Waals surface area contributed by atoms with Gasteiger partial charge in [0, 0.05) is 0 Å². The van der Waals surface area contributed by atoms with Gasteiger partial charge in [0.05, 0.1) is 13.2 Å². The molecule has 0 aliphatic carbocycles. The van der Waals surface area contributed by atoms with Gasteiger partial charge in [-0.1, -0.05) is 228 Å². The summed E-state index contributed by atoms with van der Waals surface area (Å²) in [6.45, 7) is 7.70. The lowest BCUT2D eigenvalue weighted by molar-refractivity contribution is -1.22. The van der Waals surface area contributed by atoms with Gasteiger partial charge in [-0.3, -0.25) is 0 Å². The largest absolute Gasteiger partial charge is 1.00 e. The molecule has 0 fully saturated rings. The molecule has 0 saturated heterocycles. The van der Waals surface area contributed by atoms with Gasteiger partial charge in [0.1, 0.15) is 38.8 Å². The molecule has 0 N–H and O–H groups in total. The summed E-state index contributed by atoms with van der Waals surface area (Å²) in [6, 6.07) is 35.6. The van der Waals surface area contributed by atoms with E-state index in [1.165, 1.54) is 200 Å². The summed E-state index contributed by atoms with van der Waals surface area (Å²) < 4.78 is 12.0. The number of unbranched alkanes of at least 4 members (excludes halogenated alkanes) is 24. The van der Waals surface area contributed by atoms with E-state index in [-0.39, 0.29) is 21.8 Å². The lowest BCUT2D eigenvalue weighted by Crippen LogP contribution is -3.00. The van der Waals surface area contributed by atoms with E-state index in [9.17, 15) is 0 Å². The first-order chi connectivity index (χ1) is 33.0. The molecule has 4 rings (SSSR count). The number of hydrogen-bond acceptors (Lipinski definition) is 4. The first kappa shape index (κ1) is 59.2. The van der Waals surface area contributed by atoms with Crippen molar-refractivity contribution in [1.82, 2.24) is 0 Å². The van der Waals surface area contributed by atoms with Crippen molar-refractivity contribution >= 4 is 0 Å². The average Bonchev–Trinajstić information content (AvgIpc) is 3.35. The lowest BCUT2D eigenvalue weighted by atomic mass is 10.0. The van der Waals surface area contributed by atoms with Crippen LogP contribution in [-0.2, 0) is 22.5 Å². The van der Waals surface area contributed by atoms with Crippen LogP contribution in [0.4, 0.5) is 0 Å². The number of ether oxygens (including phenoxy) is 2. The quantitative estimate of drug-likeness (QED) is 0.0252. The zero-order valence-corrected chi connectivity index (χ0v) is 45.3. The number of benzene rings is 4. The van der Waals surface area contributed by atoms with Crippen LogP contribution in [0.25, 0.3) is 22.3 Å². The minimum Gasteiger partial charge on any atom is -1.00 e. The molecule has 4 aromatic rings. The number of nitrogens with zero attached hydrogens (tertiary/aromatic N) is 1. The zero-order valence-electron chi connectivity index (χ0n) is 43.7. The van der Waals surface area contributed by atoms with Crippen molar-refractivity contribution in [3.8, 4) is 33.8 Å². The Kier molecular flexibility index (Phi) is 33.6. The van der Waals surface area contributed by atoms with Gasteiger partial charge in [-0.25, -0.2) is 0 Å². The van der Waals surface area contributed by atoms with Gasteiger partial charge in [-0.05, 0) is 114 Å². The second-order valence-electron chi connectivity index (χ2n) is 19.8. The lowest BCUT2D eigenvalue weighted by Gasteiger charge is -2.24. The van der Waals surface area contributed by atoms with Crippen LogP contribution < -0.4 is 26.5 Å². The topological polar surface area (TPSA) is 36.9 Å². The maximum Gasteiger partial charge on any atom is 0.132 e. The van der Waals surface area contributed by atoms with Crippen LogP contribution in [0.3, 0.4) is 0 Å². The molecule has 5 nitrogen and oxygen atoms in total. The van der Waals surface area contributed by atoms with E-state index >= 15 is 0 Å². The van der Waals surface area contributed by atoms with Crippen LogP contribution >= 0.6 is 0 Å². The number of quaternary nitrogens is 1. The van der Waals surface area contributed by atoms with Crippen LogP contribution in [0.2, 0.25) is 0 Å². The number of aryl methyl sites for hydroxylation is 2. The maximum absolute atomic E-state index is 6.07. The van der Waals surface area contributed by atoms with Gasteiger partial charge in [0.25, 0.3) is 0 Å². The number of rotatable bonds is 42. The average molecular weight is 999 g/mol. The van der Waals surface area contributed by atoms with Crippen LogP contribution in [-0.4, -0.2) is 45.3 Å². The number of hydrogen-bond donors (Lipinski definition) is 0. The fraction of sp³-hybridized carbons (Fsp3) is 0.613. The van der Waals surface area contributed by atoms with Gasteiger partial charge in [0.2, 0.25) is 0 Å². The van der Waals surface area contributed by atoms with E-state index in [4.69, 9.17) is 19.1 Å². The third-order valence-corrected chi connectivity index (χ3v) is 13.3. The first-order valence-electron chi connectivity index (χ1n) is 27.7. The Hall–Kier alpha value is -3.16. The SMILES string of the molecule is CCCCCCCCOc1ccc(-c2ccc(CCCCCCCCCCO[N+](C)(C)OCCCCCCCCCCc3ccc(-c4ccc(OCCCCCCCC)cc4)cc3)cc2)cc1.[Br-]. The van der Waals surface area contributed by atoms with Crippen molar-refractivity contribution in [2.75, 3.05) is 40.5 Å². The molecule has 0 atom stereocenters. The fourth-order valence-electron chi connectivity index (χ4n) is 8.95. The fourth-order valence-corrected chi connectivity index (χ4v) is 8.95. The van der Waals surface area contributed by atoms with Crippen molar-refractivity contribution in [2.24, 2.45) is 0 Å². The Bertz CT molecular complexity index is 1610. The molecule has 0 spiro atoms. The summed E-state index contributed by atoms with van der Waals surface area (Å²) in [4.78, 5) is 12.3. The Labute approximate surface area is 427 Å². The Morgan fingerprint density at radius 2 is 0.544 bits per heavy atom. The Morgan fingerprint density at radius 1 is 0.294 bits per heavy atom. The molecule has 0 aliphatic rings. The normalized spacial score (nSPS) is 11.5. The smallest absolute Gasteiger partial charge is 0.132 e. The van der Waals surface area contributed by atoms with E-state index in [0.717, 1.165) is 63.6 Å². The zero-order chi connectivity index (χ0) is 47.3. The van der Waals surface area contributed by atoms with Crippen molar-refractivity contribution < 1.29 is 40.9 Å². The van der Waals surface area contributed by atoms with E-state index in [2.05, 4.69) is 111 Å². The Balaban J connectivity index is 0.0000122. The molecule has 68 heavy (non-hydrogen) atoms. The van der Waals surface area contributed by atoms with E-state index < -0.39 is 0 Å². The van der Waals surface area contributed by atoms with Crippen molar-refractivity contribution in [3.63, 3.8) is 0 Å². The summed E-state index contributed by atoms with van der Waals surface area (Å²) in [5.41, 5.74) is 7.97. The number of halogens is 1. The van der Waals surface area contributed by atoms with Crippen molar-refractivity contribution in [2.45, 2.75) is 206 Å². The van der Waals surface area contributed by atoms with Gasteiger partial charge >= 0.3 is 0 Å². The summed E-state index contributed by atoms with van der Waals surface area (Å²) in [5, 5.41) is 0. The highest BCUT2D eigenvalue weighted by molar-refractivity contribution is 5.65. The van der Waals surface area contributed by atoms with Crippen LogP contribution in [0.15, 0.2) is 97.1 Å². The molecular weight excluding hydrogens is 903 g/mol. The van der Waals surface area contributed by atoms with Gasteiger partial charge in [-0.2, -0.15) is 9.68 Å². The highest BCUT2D eigenvalue weighted by Crippen LogP contribution is 2.26. The minimum absolute atomic E-state index is 0. The second-order valence-corrected chi connectivity index (χ2v) is 19.8. The predicted molar refractivity (Wildman–Crippen MR) is 287 cm³/mol.